The van der Waals surface area contributed by atoms with Crippen LogP contribution in [0.15, 0.2) is 77.0 Å². The highest BCUT2D eigenvalue weighted by atomic mass is 16.4. The zero-order valence-corrected chi connectivity index (χ0v) is 15.3. The van der Waals surface area contributed by atoms with Crippen molar-refractivity contribution in [3.63, 3.8) is 0 Å². The van der Waals surface area contributed by atoms with Crippen LogP contribution in [0, 0.1) is 0 Å². The molecule has 0 atom stereocenters. The average Bonchev–Trinajstić information content (AvgIpc) is 3.31. The zero-order valence-electron chi connectivity index (χ0n) is 15.3. The number of benzene rings is 2. The van der Waals surface area contributed by atoms with Gasteiger partial charge in [0, 0.05) is 11.1 Å². The van der Waals surface area contributed by atoms with E-state index in [1.807, 2.05) is 59.4 Å². The van der Waals surface area contributed by atoms with E-state index >= 15 is 0 Å². The largest absolute Gasteiger partial charge is 0.419 e. The first kappa shape index (κ1) is 17.0. The Morgan fingerprint density at radius 3 is 2.26 bits per heavy atom. The van der Waals surface area contributed by atoms with Crippen LogP contribution in [-0.2, 0) is 6.54 Å². The van der Waals surface area contributed by atoms with Crippen LogP contribution in [0.25, 0.3) is 28.8 Å². The quantitative estimate of drug-likeness (QED) is 0.501. The normalized spacial score (nSPS) is 10.7. The van der Waals surface area contributed by atoms with Crippen molar-refractivity contribution in [2.45, 2.75) is 20.4 Å². The van der Waals surface area contributed by atoms with Gasteiger partial charge in [0.25, 0.3) is 0 Å². The molecule has 2 aromatic carbocycles. The van der Waals surface area contributed by atoms with Crippen LogP contribution in [-0.4, -0.2) is 19.7 Å². The molecular formula is C22H20N4O. The minimum Gasteiger partial charge on any atom is -0.419 e. The standard InChI is InChI=1S/C22H20N4O/c1-16(2)13-19-21(17-9-5-3-6-10-17)23-15-26(19)14-20-24-25-22(27-20)18-11-7-4-8-12-18/h3-13,15H,14H2,1-2H3. The van der Waals surface area contributed by atoms with Crippen LogP contribution in [0.2, 0.25) is 0 Å². The maximum Gasteiger partial charge on any atom is 0.247 e. The van der Waals surface area contributed by atoms with Crippen LogP contribution in [0.5, 0.6) is 0 Å². The predicted octanol–water partition coefficient (Wildman–Crippen LogP) is 5.07. The highest BCUT2D eigenvalue weighted by Crippen LogP contribution is 2.25. The molecule has 4 aromatic rings. The van der Waals surface area contributed by atoms with Gasteiger partial charge in [0.15, 0.2) is 0 Å². The SMILES string of the molecule is CC(C)=Cc1c(-c2ccccc2)ncn1Cc1nnc(-c2ccccc2)o1. The van der Waals surface area contributed by atoms with Gasteiger partial charge in [-0.25, -0.2) is 4.98 Å². The van der Waals surface area contributed by atoms with E-state index in [1.165, 1.54) is 5.57 Å². The Bertz CT molecular complexity index is 1060. The van der Waals surface area contributed by atoms with E-state index in [1.54, 1.807) is 0 Å². The number of hydrogen-bond acceptors (Lipinski definition) is 4. The van der Waals surface area contributed by atoms with Crippen molar-refractivity contribution >= 4 is 6.08 Å². The lowest BCUT2D eigenvalue weighted by molar-refractivity contribution is 0.487. The van der Waals surface area contributed by atoms with E-state index in [2.05, 4.69) is 47.2 Å². The molecule has 0 saturated heterocycles. The second kappa shape index (κ2) is 7.41. The van der Waals surface area contributed by atoms with Crippen LogP contribution in [0.4, 0.5) is 0 Å². The fourth-order valence-corrected chi connectivity index (χ4v) is 2.92. The van der Waals surface area contributed by atoms with Crippen LogP contribution < -0.4 is 0 Å². The predicted molar refractivity (Wildman–Crippen MR) is 106 cm³/mol. The third kappa shape index (κ3) is 3.72. The Morgan fingerprint density at radius 2 is 1.59 bits per heavy atom. The molecule has 134 valence electrons. The molecule has 0 bridgehead atoms. The first-order chi connectivity index (χ1) is 13.2. The van der Waals surface area contributed by atoms with Gasteiger partial charge < -0.3 is 8.98 Å². The molecule has 0 unspecified atom stereocenters. The number of imidazole rings is 1. The van der Waals surface area contributed by atoms with Gasteiger partial charge >= 0.3 is 0 Å². The second-order valence-electron chi connectivity index (χ2n) is 6.56. The number of nitrogens with zero attached hydrogens (tertiary/aromatic N) is 4. The average molecular weight is 356 g/mol. The summed E-state index contributed by atoms with van der Waals surface area (Å²) in [6, 6.07) is 19.9. The summed E-state index contributed by atoms with van der Waals surface area (Å²) in [7, 11) is 0. The van der Waals surface area contributed by atoms with E-state index in [4.69, 9.17) is 4.42 Å². The zero-order chi connectivity index (χ0) is 18.6. The molecule has 0 aliphatic carbocycles. The van der Waals surface area contributed by atoms with Crippen molar-refractivity contribution < 1.29 is 4.42 Å². The Balaban J connectivity index is 1.68. The van der Waals surface area contributed by atoms with Crippen molar-refractivity contribution in [1.82, 2.24) is 19.7 Å². The molecule has 0 fully saturated rings. The molecular weight excluding hydrogens is 336 g/mol. The van der Waals surface area contributed by atoms with E-state index in [9.17, 15) is 0 Å². The van der Waals surface area contributed by atoms with E-state index in [0.29, 0.717) is 18.3 Å². The summed E-state index contributed by atoms with van der Waals surface area (Å²) in [6.07, 6.45) is 3.95. The van der Waals surface area contributed by atoms with Gasteiger partial charge in [0.2, 0.25) is 11.8 Å². The summed E-state index contributed by atoms with van der Waals surface area (Å²) < 4.78 is 7.90. The van der Waals surface area contributed by atoms with E-state index < -0.39 is 0 Å². The Morgan fingerprint density at radius 1 is 0.926 bits per heavy atom. The molecule has 5 nitrogen and oxygen atoms in total. The number of rotatable bonds is 5. The number of allylic oxidation sites excluding steroid dienone is 1. The minimum atomic E-state index is 0.471. The highest BCUT2D eigenvalue weighted by Gasteiger charge is 2.14. The second-order valence-corrected chi connectivity index (χ2v) is 6.56. The van der Waals surface area contributed by atoms with Crippen molar-refractivity contribution in [3.8, 4) is 22.7 Å². The van der Waals surface area contributed by atoms with Gasteiger partial charge in [0.05, 0.1) is 17.7 Å². The molecule has 0 spiro atoms. The van der Waals surface area contributed by atoms with Gasteiger partial charge in [-0.15, -0.1) is 10.2 Å². The molecule has 0 saturated carbocycles. The van der Waals surface area contributed by atoms with E-state index in [-0.39, 0.29) is 0 Å². The number of aromatic nitrogens is 4. The molecule has 0 aliphatic heterocycles. The first-order valence-corrected chi connectivity index (χ1v) is 8.84. The van der Waals surface area contributed by atoms with E-state index in [0.717, 1.165) is 22.5 Å². The smallest absolute Gasteiger partial charge is 0.247 e. The summed E-state index contributed by atoms with van der Waals surface area (Å²) >= 11 is 0. The molecule has 0 N–H and O–H groups in total. The van der Waals surface area contributed by atoms with Gasteiger partial charge in [0.1, 0.15) is 6.54 Å². The molecule has 2 aromatic heterocycles. The molecule has 0 amide bonds. The van der Waals surface area contributed by atoms with Gasteiger partial charge in [-0.2, -0.15) is 0 Å². The van der Waals surface area contributed by atoms with Crippen LogP contribution >= 0.6 is 0 Å². The Hall–Kier alpha value is -3.47. The van der Waals surface area contributed by atoms with Gasteiger partial charge in [-0.3, -0.25) is 0 Å². The minimum absolute atomic E-state index is 0.471. The van der Waals surface area contributed by atoms with Crippen molar-refractivity contribution in [2.75, 3.05) is 0 Å². The molecule has 5 heteroatoms. The van der Waals surface area contributed by atoms with Gasteiger partial charge in [-0.05, 0) is 32.1 Å². The highest BCUT2D eigenvalue weighted by molar-refractivity contribution is 5.70. The summed E-state index contributed by atoms with van der Waals surface area (Å²) in [5, 5.41) is 8.38. The van der Waals surface area contributed by atoms with Crippen LogP contribution in [0.3, 0.4) is 0 Å². The molecule has 0 aliphatic rings. The van der Waals surface area contributed by atoms with Crippen molar-refractivity contribution in [2.24, 2.45) is 0 Å². The Kier molecular flexibility index (Phi) is 4.66. The lowest BCUT2D eigenvalue weighted by atomic mass is 10.1. The molecule has 2 heterocycles. The third-order valence-electron chi connectivity index (χ3n) is 4.14. The summed E-state index contributed by atoms with van der Waals surface area (Å²) in [6.45, 7) is 4.62. The third-order valence-corrected chi connectivity index (χ3v) is 4.14. The topological polar surface area (TPSA) is 56.7 Å². The maximum absolute atomic E-state index is 5.86. The first-order valence-electron chi connectivity index (χ1n) is 8.84. The summed E-state index contributed by atoms with van der Waals surface area (Å²) in [5.41, 5.74) is 5.17. The monoisotopic (exact) mass is 356 g/mol. The molecule has 4 rings (SSSR count). The lowest BCUT2D eigenvalue weighted by Gasteiger charge is -2.05. The summed E-state index contributed by atoms with van der Waals surface area (Å²) in [4.78, 5) is 4.63. The molecule has 27 heavy (non-hydrogen) atoms. The maximum atomic E-state index is 5.86. The van der Waals surface area contributed by atoms with Gasteiger partial charge in [-0.1, -0.05) is 54.1 Å². The molecule has 0 radical (unpaired) electrons. The van der Waals surface area contributed by atoms with Crippen LogP contribution in [0.1, 0.15) is 25.4 Å². The summed E-state index contributed by atoms with van der Waals surface area (Å²) in [5.74, 6) is 1.08. The lowest BCUT2D eigenvalue weighted by Crippen LogP contribution is -2.01. The number of hydrogen-bond donors (Lipinski definition) is 0. The fourth-order valence-electron chi connectivity index (χ4n) is 2.92. The van der Waals surface area contributed by atoms with Crippen molar-refractivity contribution in [3.05, 3.63) is 84.1 Å². The Labute approximate surface area is 158 Å². The fraction of sp³-hybridized carbons (Fsp3) is 0.136. The van der Waals surface area contributed by atoms with Crippen molar-refractivity contribution in [1.29, 1.82) is 0 Å².